The van der Waals surface area contributed by atoms with Crippen LogP contribution < -0.4 is 4.74 Å². The molecule has 1 aliphatic rings. The van der Waals surface area contributed by atoms with E-state index in [1.54, 1.807) is 4.90 Å². The van der Waals surface area contributed by atoms with Crippen LogP contribution >= 0.6 is 0 Å². The third-order valence-electron chi connectivity index (χ3n) is 4.45. The second kappa shape index (κ2) is 9.19. The van der Waals surface area contributed by atoms with Gasteiger partial charge in [-0.05, 0) is 18.6 Å². The molecule has 2 rings (SSSR count). The van der Waals surface area contributed by atoms with Gasteiger partial charge in [0.2, 0.25) is 15.9 Å². The number of amides is 1. The Morgan fingerprint density at radius 3 is 2.69 bits per heavy atom. The molecule has 0 saturated carbocycles. The normalized spacial score (nSPS) is 15.3. The van der Waals surface area contributed by atoms with Gasteiger partial charge in [-0.2, -0.15) is 0 Å². The molecule has 1 heterocycles. The van der Waals surface area contributed by atoms with Crippen LogP contribution in [0.25, 0.3) is 0 Å². The lowest BCUT2D eigenvalue weighted by Crippen LogP contribution is -2.53. The summed E-state index contributed by atoms with van der Waals surface area (Å²) >= 11 is 0. The zero-order valence-corrected chi connectivity index (χ0v) is 16.4. The molecule has 0 spiro atoms. The Labute approximate surface area is 156 Å². The van der Waals surface area contributed by atoms with Crippen LogP contribution in [-0.4, -0.2) is 56.0 Å². The number of unbranched alkanes of at least 4 members (excludes halogenated alkanes) is 1. The zero-order valence-electron chi connectivity index (χ0n) is 15.6. The first-order chi connectivity index (χ1) is 12.3. The van der Waals surface area contributed by atoms with Gasteiger partial charge in [0, 0.05) is 37.7 Å². The van der Waals surface area contributed by atoms with E-state index in [2.05, 4.69) is 13.5 Å². The molecule has 1 aliphatic heterocycles. The largest absolute Gasteiger partial charge is 0.493 e. The van der Waals surface area contributed by atoms with E-state index in [0.717, 1.165) is 24.2 Å². The molecule has 6 nitrogen and oxygen atoms in total. The highest BCUT2D eigenvalue weighted by Gasteiger charge is 2.34. The molecule has 1 fully saturated rings. The van der Waals surface area contributed by atoms with Crippen LogP contribution in [0.5, 0.6) is 5.75 Å². The van der Waals surface area contributed by atoms with Gasteiger partial charge >= 0.3 is 0 Å². The summed E-state index contributed by atoms with van der Waals surface area (Å²) in [6, 6.07) is 7.71. The molecule has 0 atom stereocenters. The first kappa shape index (κ1) is 20.5. The Morgan fingerprint density at radius 2 is 2.08 bits per heavy atom. The van der Waals surface area contributed by atoms with E-state index in [0.29, 0.717) is 32.8 Å². The van der Waals surface area contributed by atoms with Crippen molar-refractivity contribution in [1.82, 2.24) is 9.21 Å². The summed E-state index contributed by atoms with van der Waals surface area (Å²) in [7, 11) is -3.15. The van der Waals surface area contributed by atoms with Crippen molar-refractivity contribution in [2.45, 2.75) is 26.3 Å². The number of ether oxygens (including phenoxy) is 1. The third kappa shape index (κ3) is 5.57. The number of hydrogen-bond acceptors (Lipinski definition) is 4. The average molecular weight is 381 g/mol. The smallest absolute Gasteiger partial charge is 0.246 e. The van der Waals surface area contributed by atoms with Crippen LogP contribution in [-0.2, 0) is 21.4 Å². The quantitative estimate of drug-likeness (QED) is 0.461. The lowest BCUT2D eigenvalue weighted by Gasteiger charge is -2.39. The van der Waals surface area contributed by atoms with Gasteiger partial charge in [0.15, 0.2) is 0 Å². The summed E-state index contributed by atoms with van der Waals surface area (Å²) in [4.78, 5) is 14.0. The summed E-state index contributed by atoms with van der Waals surface area (Å²) < 4.78 is 30.3. The average Bonchev–Trinajstić information content (AvgIpc) is 2.56. The van der Waals surface area contributed by atoms with Crippen molar-refractivity contribution >= 4 is 15.9 Å². The number of benzene rings is 1. The number of sulfonamides is 1. The van der Waals surface area contributed by atoms with Gasteiger partial charge in [-0.25, -0.2) is 12.7 Å². The van der Waals surface area contributed by atoms with Crippen molar-refractivity contribution < 1.29 is 17.9 Å². The number of rotatable bonds is 10. The summed E-state index contributed by atoms with van der Waals surface area (Å²) in [5.74, 6) is 0.766. The second-order valence-electron chi connectivity index (χ2n) is 6.68. The number of para-hydroxylation sites is 1. The van der Waals surface area contributed by atoms with Crippen LogP contribution in [0.3, 0.4) is 0 Å². The molecule has 1 aromatic carbocycles. The van der Waals surface area contributed by atoms with Crippen molar-refractivity contribution in [1.29, 1.82) is 0 Å². The Morgan fingerprint density at radius 1 is 1.38 bits per heavy atom. The highest BCUT2D eigenvalue weighted by atomic mass is 32.2. The molecule has 144 valence electrons. The minimum absolute atomic E-state index is 0.141. The minimum Gasteiger partial charge on any atom is -0.493 e. The number of carbonyl (C=O) groups excluding carboxylic acids is 1. The predicted octanol–water partition coefficient (Wildman–Crippen LogP) is 2.27. The Bertz CT molecular complexity index is 727. The van der Waals surface area contributed by atoms with Gasteiger partial charge in [0.25, 0.3) is 0 Å². The van der Waals surface area contributed by atoms with E-state index < -0.39 is 10.0 Å². The van der Waals surface area contributed by atoms with Crippen molar-refractivity contribution in [3.05, 3.63) is 42.5 Å². The predicted molar refractivity (Wildman–Crippen MR) is 102 cm³/mol. The maximum atomic E-state index is 12.3. The summed E-state index contributed by atoms with van der Waals surface area (Å²) in [5, 5.41) is 0. The van der Waals surface area contributed by atoms with E-state index in [-0.39, 0.29) is 11.8 Å². The van der Waals surface area contributed by atoms with Gasteiger partial charge in [-0.3, -0.25) is 4.79 Å². The van der Waals surface area contributed by atoms with Crippen LogP contribution in [0.1, 0.15) is 25.3 Å². The maximum Gasteiger partial charge on any atom is 0.246 e. The van der Waals surface area contributed by atoms with E-state index in [9.17, 15) is 13.2 Å². The fraction of sp³-hybridized carbons (Fsp3) is 0.526. The monoisotopic (exact) mass is 380 g/mol. The van der Waals surface area contributed by atoms with Crippen LogP contribution in [0.15, 0.2) is 36.9 Å². The Kier molecular flexibility index (Phi) is 7.23. The fourth-order valence-electron chi connectivity index (χ4n) is 2.89. The first-order valence-electron chi connectivity index (χ1n) is 8.92. The summed E-state index contributed by atoms with van der Waals surface area (Å²) in [6.07, 6.45) is 4.54. The van der Waals surface area contributed by atoms with Gasteiger partial charge in [0.05, 0.1) is 12.9 Å². The van der Waals surface area contributed by atoms with Gasteiger partial charge in [-0.15, -0.1) is 0 Å². The van der Waals surface area contributed by atoms with Gasteiger partial charge in [0.1, 0.15) is 5.75 Å². The molecular formula is C19H28N2O4S. The van der Waals surface area contributed by atoms with Crippen molar-refractivity contribution in [2.24, 2.45) is 5.92 Å². The third-order valence-corrected chi connectivity index (χ3v) is 5.68. The Hall–Kier alpha value is -1.86. The van der Waals surface area contributed by atoms with Gasteiger partial charge in [-0.1, -0.05) is 38.1 Å². The standard InChI is InChI=1S/C19H28N2O4S/c1-4-6-11-25-18-10-8-7-9-17(18)15-20(19(22)5-2)12-16-13-21(14-16)26(3,23)24/h5,7-10,16H,2,4,6,11-15H2,1,3H3. The van der Waals surface area contributed by atoms with E-state index in [4.69, 9.17) is 4.74 Å². The number of carbonyl (C=O) groups is 1. The van der Waals surface area contributed by atoms with Crippen molar-refractivity contribution in [3.8, 4) is 5.75 Å². The Balaban J connectivity index is 2.03. The molecule has 7 heteroatoms. The van der Waals surface area contributed by atoms with Crippen LogP contribution in [0, 0.1) is 5.92 Å². The highest BCUT2D eigenvalue weighted by molar-refractivity contribution is 7.88. The maximum absolute atomic E-state index is 12.3. The van der Waals surface area contributed by atoms with E-state index >= 15 is 0 Å². The molecule has 0 N–H and O–H groups in total. The molecule has 0 aromatic heterocycles. The number of nitrogens with zero attached hydrogens (tertiary/aromatic N) is 2. The van der Waals surface area contributed by atoms with Crippen molar-refractivity contribution in [2.75, 3.05) is 32.5 Å². The molecule has 0 radical (unpaired) electrons. The first-order valence-corrected chi connectivity index (χ1v) is 10.8. The fourth-order valence-corrected chi connectivity index (χ4v) is 3.85. The van der Waals surface area contributed by atoms with Crippen LogP contribution in [0.2, 0.25) is 0 Å². The molecule has 1 saturated heterocycles. The van der Waals surface area contributed by atoms with E-state index in [1.807, 2.05) is 24.3 Å². The summed E-state index contributed by atoms with van der Waals surface area (Å²) in [6.45, 7) is 8.16. The molecule has 0 unspecified atom stereocenters. The van der Waals surface area contributed by atoms with Crippen LogP contribution in [0.4, 0.5) is 0 Å². The molecule has 1 aromatic rings. The topological polar surface area (TPSA) is 66.9 Å². The molecule has 26 heavy (non-hydrogen) atoms. The summed E-state index contributed by atoms with van der Waals surface area (Å²) in [5.41, 5.74) is 0.943. The number of hydrogen-bond donors (Lipinski definition) is 0. The molecule has 1 amide bonds. The molecular weight excluding hydrogens is 352 g/mol. The van der Waals surface area contributed by atoms with E-state index in [1.165, 1.54) is 16.6 Å². The lowest BCUT2D eigenvalue weighted by molar-refractivity contribution is -0.127. The lowest BCUT2D eigenvalue weighted by atomic mass is 10.0. The molecule has 0 aliphatic carbocycles. The van der Waals surface area contributed by atoms with Crippen molar-refractivity contribution in [3.63, 3.8) is 0 Å². The minimum atomic E-state index is -3.15. The second-order valence-corrected chi connectivity index (χ2v) is 8.66. The highest BCUT2D eigenvalue weighted by Crippen LogP contribution is 2.24. The van der Waals surface area contributed by atoms with Gasteiger partial charge < -0.3 is 9.64 Å². The zero-order chi connectivity index (χ0) is 19.2. The molecule has 0 bridgehead atoms. The SMILES string of the molecule is C=CC(=O)N(Cc1ccccc1OCCCC)CC1CN(S(C)(=O)=O)C1.